The Bertz CT molecular complexity index is 415. The summed E-state index contributed by atoms with van der Waals surface area (Å²) >= 11 is 0. The molecule has 0 bridgehead atoms. The number of carbonyl (C=O) groups is 1. The van der Waals surface area contributed by atoms with E-state index in [9.17, 15) is 4.79 Å². The Hall–Kier alpha value is -1.70. The van der Waals surface area contributed by atoms with Crippen LogP contribution in [0.1, 0.15) is 12.5 Å². The van der Waals surface area contributed by atoms with Crippen molar-refractivity contribution in [2.75, 3.05) is 6.54 Å². The highest BCUT2D eigenvalue weighted by Crippen LogP contribution is 2.12. The summed E-state index contributed by atoms with van der Waals surface area (Å²) in [5.41, 5.74) is 2.96. The van der Waals surface area contributed by atoms with Crippen molar-refractivity contribution in [2.45, 2.75) is 6.92 Å². The summed E-state index contributed by atoms with van der Waals surface area (Å²) in [6.07, 6.45) is 1.66. The Morgan fingerprint density at radius 2 is 1.93 bits per heavy atom. The van der Waals surface area contributed by atoms with E-state index < -0.39 is 0 Å². The molecule has 0 radical (unpaired) electrons. The molecular formula is C12H11NO. The topological polar surface area (TPSA) is 29.4 Å². The first-order valence-electron chi connectivity index (χ1n) is 4.59. The van der Waals surface area contributed by atoms with E-state index in [2.05, 4.69) is 4.99 Å². The molecule has 0 saturated heterocycles. The highest BCUT2D eigenvalue weighted by atomic mass is 16.1. The van der Waals surface area contributed by atoms with E-state index in [0.717, 1.165) is 16.8 Å². The van der Waals surface area contributed by atoms with Gasteiger partial charge in [-0.15, -0.1) is 0 Å². The number of dihydropyridines is 1. The molecule has 0 saturated carbocycles. The largest absolute Gasteiger partial charge is 0.293 e. The summed E-state index contributed by atoms with van der Waals surface area (Å²) in [5.74, 6) is 0.0854. The second-order valence-corrected chi connectivity index (χ2v) is 3.32. The molecule has 2 nitrogen and oxygen atoms in total. The van der Waals surface area contributed by atoms with Crippen LogP contribution in [0.4, 0.5) is 0 Å². The fraction of sp³-hybridized carbons (Fsp3) is 0.167. The fourth-order valence-electron chi connectivity index (χ4n) is 1.55. The SMILES string of the molecule is CC1=CC(=O)CN=C1c1ccccc1. The molecule has 1 heterocycles. The summed E-state index contributed by atoms with van der Waals surface area (Å²) in [6, 6.07) is 9.93. The number of aliphatic imine (C=N–C) groups is 1. The van der Waals surface area contributed by atoms with Gasteiger partial charge in [0.2, 0.25) is 0 Å². The van der Waals surface area contributed by atoms with Gasteiger partial charge in [-0.1, -0.05) is 30.3 Å². The van der Waals surface area contributed by atoms with E-state index in [1.54, 1.807) is 6.08 Å². The molecule has 0 N–H and O–H groups in total. The van der Waals surface area contributed by atoms with Gasteiger partial charge in [-0.25, -0.2) is 0 Å². The van der Waals surface area contributed by atoms with E-state index in [1.807, 2.05) is 37.3 Å². The highest BCUT2D eigenvalue weighted by Gasteiger charge is 2.12. The molecule has 1 aliphatic heterocycles. The Morgan fingerprint density at radius 1 is 1.21 bits per heavy atom. The van der Waals surface area contributed by atoms with Gasteiger partial charge < -0.3 is 0 Å². The smallest absolute Gasteiger partial charge is 0.177 e. The third-order valence-electron chi connectivity index (χ3n) is 2.19. The maximum Gasteiger partial charge on any atom is 0.177 e. The van der Waals surface area contributed by atoms with E-state index in [1.165, 1.54) is 0 Å². The van der Waals surface area contributed by atoms with Gasteiger partial charge in [-0.3, -0.25) is 9.79 Å². The van der Waals surface area contributed by atoms with Crippen molar-refractivity contribution in [1.82, 2.24) is 0 Å². The molecular weight excluding hydrogens is 174 g/mol. The number of carbonyl (C=O) groups excluding carboxylic acids is 1. The Morgan fingerprint density at radius 3 is 2.57 bits per heavy atom. The first kappa shape index (κ1) is 8.88. The quantitative estimate of drug-likeness (QED) is 0.658. The molecule has 2 rings (SSSR count). The monoisotopic (exact) mass is 185 g/mol. The summed E-state index contributed by atoms with van der Waals surface area (Å²) in [5, 5.41) is 0. The average Bonchev–Trinajstić information content (AvgIpc) is 2.19. The minimum atomic E-state index is 0.0854. The molecule has 1 aromatic rings. The maximum atomic E-state index is 11.1. The molecule has 2 heteroatoms. The van der Waals surface area contributed by atoms with Crippen molar-refractivity contribution in [2.24, 2.45) is 4.99 Å². The first-order chi connectivity index (χ1) is 6.77. The van der Waals surface area contributed by atoms with Crippen LogP contribution in [-0.4, -0.2) is 18.0 Å². The van der Waals surface area contributed by atoms with Gasteiger partial charge in [-0.2, -0.15) is 0 Å². The zero-order valence-corrected chi connectivity index (χ0v) is 8.03. The second-order valence-electron chi connectivity index (χ2n) is 3.32. The van der Waals surface area contributed by atoms with E-state index >= 15 is 0 Å². The van der Waals surface area contributed by atoms with Gasteiger partial charge in [0, 0.05) is 0 Å². The molecule has 0 unspecified atom stereocenters. The molecule has 0 fully saturated rings. The molecule has 0 amide bonds. The van der Waals surface area contributed by atoms with Crippen molar-refractivity contribution in [1.29, 1.82) is 0 Å². The zero-order valence-electron chi connectivity index (χ0n) is 8.03. The van der Waals surface area contributed by atoms with Crippen LogP contribution in [0.15, 0.2) is 47.0 Å². The van der Waals surface area contributed by atoms with Gasteiger partial charge in [0.1, 0.15) is 6.54 Å². The minimum Gasteiger partial charge on any atom is -0.293 e. The Balaban J connectivity index is 2.38. The van der Waals surface area contributed by atoms with Gasteiger partial charge in [0.15, 0.2) is 5.78 Å². The number of hydrogen-bond donors (Lipinski definition) is 0. The predicted octanol–water partition coefficient (Wildman–Crippen LogP) is 2.00. The highest BCUT2D eigenvalue weighted by molar-refractivity contribution is 6.17. The van der Waals surface area contributed by atoms with E-state index in [0.29, 0.717) is 0 Å². The zero-order chi connectivity index (χ0) is 9.97. The summed E-state index contributed by atoms with van der Waals surface area (Å²) in [4.78, 5) is 15.3. The molecule has 1 aromatic carbocycles. The van der Waals surface area contributed by atoms with E-state index in [4.69, 9.17) is 0 Å². The molecule has 0 atom stereocenters. The molecule has 1 aliphatic rings. The lowest BCUT2D eigenvalue weighted by atomic mass is 10.0. The van der Waals surface area contributed by atoms with Crippen LogP contribution in [-0.2, 0) is 4.79 Å². The third-order valence-corrected chi connectivity index (χ3v) is 2.19. The number of rotatable bonds is 1. The first-order valence-corrected chi connectivity index (χ1v) is 4.59. The van der Waals surface area contributed by atoms with Gasteiger partial charge in [0.25, 0.3) is 0 Å². The van der Waals surface area contributed by atoms with Crippen LogP contribution in [0.5, 0.6) is 0 Å². The molecule has 0 aliphatic carbocycles. The number of ketones is 1. The third kappa shape index (κ3) is 1.64. The van der Waals surface area contributed by atoms with Crippen LogP contribution in [0.3, 0.4) is 0 Å². The van der Waals surface area contributed by atoms with Crippen molar-refractivity contribution >= 4 is 11.5 Å². The normalized spacial score (nSPS) is 16.2. The molecule has 70 valence electrons. The van der Waals surface area contributed by atoms with Crippen LogP contribution in [0.2, 0.25) is 0 Å². The van der Waals surface area contributed by atoms with Gasteiger partial charge >= 0.3 is 0 Å². The number of hydrogen-bond acceptors (Lipinski definition) is 2. The summed E-state index contributed by atoms with van der Waals surface area (Å²) < 4.78 is 0. The standard InChI is InChI=1S/C12H11NO/c1-9-7-11(14)8-13-12(9)10-5-3-2-4-6-10/h2-7H,8H2,1H3. The number of nitrogens with zero attached hydrogens (tertiary/aromatic N) is 1. The Labute approximate surface area is 83.0 Å². The fourth-order valence-corrected chi connectivity index (χ4v) is 1.55. The molecule has 14 heavy (non-hydrogen) atoms. The lowest BCUT2D eigenvalue weighted by molar-refractivity contribution is -0.113. The molecule has 0 aromatic heterocycles. The van der Waals surface area contributed by atoms with Crippen LogP contribution in [0, 0.1) is 0 Å². The van der Waals surface area contributed by atoms with Crippen LogP contribution < -0.4 is 0 Å². The minimum absolute atomic E-state index is 0.0854. The lowest BCUT2D eigenvalue weighted by Gasteiger charge is -2.10. The summed E-state index contributed by atoms with van der Waals surface area (Å²) in [7, 11) is 0. The Kier molecular flexibility index (Phi) is 2.27. The second kappa shape index (κ2) is 3.58. The number of allylic oxidation sites excluding steroid dienone is 1. The average molecular weight is 185 g/mol. The lowest BCUT2D eigenvalue weighted by Crippen LogP contribution is -2.14. The predicted molar refractivity (Wildman–Crippen MR) is 56.6 cm³/mol. The van der Waals surface area contributed by atoms with Crippen molar-refractivity contribution < 1.29 is 4.79 Å². The van der Waals surface area contributed by atoms with Crippen molar-refractivity contribution in [3.63, 3.8) is 0 Å². The van der Waals surface area contributed by atoms with Gasteiger partial charge in [0.05, 0.1) is 5.71 Å². The molecule has 0 spiro atoms. The van der Waals surface area contributed by atoms with Crippen molar-refractivity contribution in [3.05, 3.63) is 47.5 Å². The van der Waals surface area contributed by atoms with Gasteiger partial charge in [-0.05, 0) is 24.1 Å². The number of benzene rings is 1. The summed E-state index contributed by atoms with van der Waals surface area (Å²) in [6.45, 7) is 2.20. The maximum absolute atomic E-state index is 11.1. The van der Waals surface area contributed by atoms with Crippen LogP contribution in [0.25, 0.3) is 0 Å². The van der Waals surface area contributed by atoms with E-state index in [-0.39, 0.29) is 12.3 Å². The van der Waals surface area contributed by atoms with Crippen LogP contribution >= 0.6 is 0 Å². The van der Waals surface area contributed by atoms with Crippen molar-refractivity contribution in [3.8, 4) is 0 Å².